The van der Waals surface area contributed by atoms with Crippen molar-refractivity contribution in [2.45, 2.75) is 38.4 Å². The predicted octanol–water partition coefficient (Wildman–Crippen LogP) is 1.97. The van der Waals surface area contributed by atoms with Gasteiger partial charge in [-0.05, 0) is 50.5 Å². The molecule has 0 bridgehead atoms. The predicted molar refractivity (Wildman–Crippen MR) is 92.5 cm³/mol. The van der Waals surface area contributed by atoms with Crippen LogP contribution in [0.2, 0.25) is 0 Å². The highest BCUT2D eigenvalue weighted by Crippen LogP contribution is 2.16. The summed E-state index contributed by atoms with van der Waals surface area (Å²) in [6, 6.07) is 6.42. The largest absolute Gasteiger partial charge is 0.376 e. The molecule has 1 saturated heterocycles. The Hall–Kier alpha value is -1.64. The topological polar surface area (TPSA) is 93.7 Å². The van der Waals surface area contributed by atoms with Gasteiger partial charge in [0.1, 0.15) is 6.10 Å². The first kappa shape index (κ1) is 18.7. The third kappa shape index (κ3) is 6.46. The Kier molecular flexibility index (Phi) is 6.59. The second-order valence-electron chi connectivity index (χ2n) is 5.90. The van der Waals surface area contributed by atoms with Crippen LogP contribution in [-0.2, 0) is 24.3 Å². The molecule has 2 rings (SSSR count). The number of carbonyl (C=O) groups is 1. The molecule has 24 heavy (non-hydrogen) atoms. The van der Waals surface area contributed by atoms with E-state index in [4.69, 9.17) is 9.47 Å². The number of benzene rings is 1. The van der Waals surface area contributed by atoms with Gasteiger partial charge in [0.25, 0.3) is 5.91 Å². The first-order valence-corrected chi connectivity index (χ1v) is 9.84. The number of rotatable bonds is 7. The Bertz CT molecular complexity index is 639. The number of hydrogen-bond donors (Lipinski definition) is 2. The standard InChI is InChI=1S/C16H24N2O5S/c1-12(23-11-15-5-3-4-10-22-15)16(19)17-13-6-8-14(9-7-13)18-24(2,20)21/h6-9,12,15,18H,3-5,10-11H2,1-2H3,(H,17,19). The zero-order valence-corrected chi connectivity index (χ0v) is 14.8. The SMILES string of the molecule is CC(OCC1CCCCO1)C(=O)Nc1ccc(NS(C)(=O)=O)cc1. The van der Waals surface area contributed by atoms with Gasteiger partial charge in [-0.1, -0.05) is 0 Å². The maximum absolute atomic E-state index is 12.1. The van der Waals surface area contributed by atoms with E-state index in [1.54, 1.807) is 31.2 Å². The monoisotopic (exact) mass is 356 g/mol. The molecule has 1 aromatic rings. The molecule has 0 aliphatic carbocycles. The van der Waals surface area contributed by atoms with Crippen LogP contribution in [0.3, 0.4) is 0 Å². The van der Waals surface area contributed by atoms with Crippen LogP contribution >= 0.6 is 0 Å². The normalized spacial score (nSPS) is 19.5. The molecule has 2 unspecified atom stereocenters. The molecule has 1 heterocycles. The summed E-state index contributed by atoms with van der Waals surface area (Å²) in [6.45, 7) is 2.85. The van der Waals surface area contributed by atoms with Gasteiger partial charge in [0.05, 0.1) is 19.0 Å². The van der Waals surface area contributed by atoms with Gasteiger partial charge in [-0.25, -0.2) is 8.42 Å². The van der Waals surface area contributed by atoms with Crippen molar-refractivity contribution >= 4 is 27.3 Å². The van der Waals surface area contributed by atoms with Gasteiger partial charge in [-0.2, -0.15) is 0 Å². The Labute approximate surface area is 142 Å². The van der Waals surface area contributed by atoms with E-state index in [1.807, 2.05) is 0 Å². The van der Waals surface area contributed by atoms with Crippen LogP contribution in [0.5, 0.6) is 0 Å². The Morgan fingerprint density at radius 3 is 2.54 bits per heavy atom. The van der Waals surface area contributed by atoms with E-state index in [0.717, 1.165) is 32.1 Å². The third-order valence-electron chi connectivity index (χ3n) is 3.63. The van der Waals surface area contributed by atoms with Crippen molar-refractivity contribution in [3.63, 3.8) is 0 Å². The van der Waals surface area contributed by atoms with Crippen LogP contribution < -0.4 is 10.0 Å². The molecule has 1 amide bonds. The second-order valence-corrected chi connectivity index (χ2v) is 7.65. The molecule has 1 fully saturated rings. The first-order chi connectivity index (χ1) is 11.3. The smallest absolute Gasteiger partial charge is 0.253 e. The highest BCUT2D eigenvalue weighted by Gasteiger charge is 2.19. The van der Waals surface area contributed by atoms with Gasteiger partial charge >= 0.3 is 0 Å². The molecule has 1 aliphatic heterocycles. The zero-order chi connectivity index (χ0) is 17.6. The minimum absolute atomic E-state index is 0.0651. The van der Waals surface area contributed by atoms with E-state index in [2.05, 4.69) is 10.0 Å². The van der Waals surface area contributed by atoms with Crippen molar-refractivity contribution in [1.82, 2.24) is 0 Å². The van der Waals surface area contributed by atoms with E-state index in [9.17, 15) is 13.2 Å². The van der Waals surface area contributed by atoms with Crippen LogP contribution in [0.25, 0.3) is 0 Å². The number of sulfonamides is 1. The van der Waals surface area contributed by atoms with Gasteiger partial charge < -0.3 is 14.8 Å². The number of nitrogens with one attached hydrogen (secondary N) is 2. The van der Waals surface area contributed by atoms with Gasteiger partial charge in [0, 0.05) is 18.0 Å². The van der Waals surface area contributed by atoms with Crippen LogP contribution in [0.4, 0.5) is 11.4 Å². The molecule has 1 aromatic carbocycles. The second kappa shape index (κ2) is 8.46. The maximum atomic E-state index is 12.1. The molecule has 7 nitrogen and oxygen atoms in total. The molecule has 1 aliphatic rings. The summed E-state index contributed by atoms with van der Waals surface area (Å²) in [7, 11) is -3.31. The van der Waals surface area contributed by atoms with Crippen molar-refractivity contribution in [1.29, 1.82) is 0 Å². The zero-order valence-electron chi connectivity index (χ0n) is 13.9. The Morgan fingerprint density at radius 1 is 1.29 bits per heavy atom. The van der Waals surface area contributed by atoms with Crippen LogP contribution in [0.15, 0.2) is 24.3 Å². The van der Waals surface area contributed by atoms with Gasteiger partial charge in [0.15, 0.2) is 0 Å². The van der Waals surface area contributed by atoms with E-state index in [1.165, 1.54) is 0 Å². The lowest BCUT2D eigenvalue weighted by Gasteiger charge is -2.23. The summed E-state index contributed by atoms with van der Waals surface area (Å²) in [4.78, 5) is 12.1. The van der Waals surface area contributed by atoms with Crippen molar-refractivity contribution in [2.24, 2.45) is 0 Å². The fraction of sp³-hybridized carbons (Fsp3) is 0.562. The average Bonchev–Trinajstić information content (AvgIpc) is 2.54. The number of carbonyl (C=O) groups excluding carboxylic acids is 1. The first-order valence-electron chi connectivity index (χ1n) is 7.95. The summed E-state index contributed by atoms with van der Waals surface area (Å²) in [5.74, 6) is -0.255. The van der Waals surface area contributed by atoms with Crippen molar-refractivity contribution < 1.29 is 22.7 Å². The van der Waals surface area contributed by atoms with Crippen LogP contribution in [0.1, 0.15) is 26.2 Å². The molecule has 0 spiro atoms. The van der Waals surface area contributed by atoms with Crippen molar-refractivity contribution in [2.75, 3.05) is 29.5 Å². The highest BCUT2D eigenvalue weighted by atomic mass is 32.2. The summed E-state index contributed by atoms with van der Waals surface area (Å²) in [6.07, 6.45) is 3.72. The Balaban J connectivity index is 1.80. The number of anilines is 2. The summed E-state index contributed by atoms with van der Waals surface area (Å²) in [5.41, 5.74) is 1.01. The number of ether oxygens (including phenoxy) is 2. The van der Waals surface area contributed by atoms with Gasteiger partial charge in [0.2, 0.25) is 10.0 Å². The molecular formula is C16H24N2O5S. The lowest BCUT2D eigenvalue weighted by Crippen LogP contribution is -2.32. The van der Waals surface area contributed by atoms with Crippen LogP contribution in [-0.4, -0.2) is 46.0 Å². The van der Waals surface area contributed by atoms with E-state index >= 15 is 0 Å². The lowest BCUT2D eigenvalue weighted by atomic mass is 10.1. The van der Waals surface area contributed by atoms with Gasteiger partial charge in [-0.15, -0.1) is 0 Å². The number of amides is 1. The minimum Gasteiger partial charge on any atom is -0.376 e. The van der Waals surface area contributed by atoms with Crippen molar-refractivity contribution in [3.05, 3.63) is 24.3 Å². The number of hydrogen-bond acceptors (Lipinski definition) is 5. The van der Waals surface area contributed by atoms with E-state index < -0.39 is 16.1 Å². The van der Waals surface area contributed by atoms with E-state index in [0.29, 0.717) is 18.0 Å². The molecule has 134 valence electrons. The fourth-order valence-corrected chi connectivity index (χ4v) is 2.91. The van der Waals surface area contributed by atoms with Gasteiger partial charge in [-0.3, -0.25) is 9.52 Å². The molecule has 0 aromatic heterocycles. The quantitative estimate of drug-likeness (QED) is 0.779. The highest BCUT2D eigenvalue weighted by molar-refractivity contribution is 7.92. The third-order valence-corrected chi connectivity index (χ3v) is 4.24. The molecule has 0 saturated carbocycles. The molecule has 2 atom stereocenters. The summed E-state index contributed by atoms with van der Waals surface area (Å²) < 4.78 is 35.8. The molecular weight excluding hydrogens is 332 g/mol. The van der Waals surface area contributed by atoms with Crippen molar-refractivity contribution in [3.8, 4) is 0 Å². The molecule has 8 heteroatoms. The fourth-order valence-electron chi connectivity index (χ4n) is 2.35. The Morgan fingerprint density at radius 2 is 1.96 bits per heavy atom. The van der Waals surface area contributed by atoms with E-state index in [-0.39, 0.29) is 12.0 Å². The summed E-state index contributed by atoms with van der Waals surface area (Å²) >= 11 is 0. The molecule has 2 N–H and O–H groups in total. The lowest BCUT2D eigenvalue weighted by molar-refractivity contribution is -0.130. The molecule has 0 radical (unpaired) electrons. The minimum atomic E-state index is -3.31. The average molecular weight is 356 g/mol. The van der Waals surface area contributed by atoms with Crippen LogP contribution in [0, 0.1) is 0 Å². The maximum Gasteiger partial charge on any atom is 0.253 e. The summed E-state index contributed by atoms with van der Waals surface area (Å²) in [5, 5.41) is 2.74.